The van der Waals surface area contributed by atoms with Gasteiger partial charge in [0.15, 0.2) is 23.4 Å². The second-order valence-corrected chi connectivity index (χ2v) is 7.56. The van der Waals surface area contributed by atoms with E-state index in [0.717, 1.165) is 24.2 Å². The van der Waals surface area contributed by atoms with E-state index in [1.807, 2.05) is 12.1 Å². The van der Waals surface area contributed by atoms with Gasteiger partial charge in [-0.1, -0.05) is 12.1 Å². The van der Waals surface area contributed by atoms with Gasteiger partial charge in [-0.05, 0) is 30.9 Å². The summed E-state index contributed by atoms with van der Waals surface area (Å²) in [6.07, 6.45) is 3.35. The normalized spacial score (nSPS) is 39.3. The quantitative estimate of drug-likeness (QED) is 0.802. The highest BCUT2D eigenvalue weighted by Crippen LogP contribution is 2.64. The van der Waals surface area contributed by atoms with Crippen LogP contribution < -0.4 is 4.74 Å². The Labute approximate surface area is 140 Å². The molecule has 0 aromatic heterocycles. The number of carbonyl (C=O) groups is 1. The molecule has 126 valence electrons. The zero-order chi connectivity index (χ0) is 16.7. The molecule has 2 unspecified atom stereocenters. The summed E-state index contributed by atoms with van der Waals surface area (Å²) in [4.78, 5) is 14.9. The van der Waals surface area contributed by atoms with Gasteiger partial charge in [-0.15, -0.1) is 6.58 Å². The Kier molecular flexibility index (Phi) is 2.66. The molecule has 1 aromatic carbocycles. The third-order valence-electron chi connectivity index (χ3n) is 6.73. The van der Waals surface area contributed by atoms with Crippen LogP contribution in [0.25, 0.3) is 0 Å². The van der Waals surface area contributed by atoms with Crippen molar-refractivity contribution in [2.24, 2.45) is 0 Å². The first-order valence-electron chi connectivity index (χ1n) is 8.65. The van der Waals surface area contributed by atoms with Gasteiger partial charge < -0.3 is 14.9 Å². The van der Waals surface area contributed by atoms with Crippen LogP contribution in [0.3, 0.4) is 0 Å². The molecule has 4 atom stereocenters. The number of hydrogen-bond acceptors (Lipinski definition) is 5. The van der Waals surface area contributed by atoms with Crippen molar-refractivity contribution in [3.05, 3.63) is 35.9 Å². The number of carbonyl (C=O) groups excluding carboxylic acids is 1. The third kappa shape index (κ3) is 1.38. The summed E-state index contributed by atoms with van der Waals surface area (Å²) in [5, 5.41) is 22.1. The van der Waals surface area contributed by atoms with Crippen molar-refractivity contribution in [1.82, 2.24) is 4.90 Å². The van der Waals surface area contributed by atoms with Crippen LogP contribution in [0.2, 0.25) is 0 Å². The van der Waals surface area contributed by atoms with Crippen molar-refractivity contribution in [3.8, 4) is 11.5 Å². The maximum atomic E-state index is 12.6. The molecule has 1 aromatic rings. The van der Waals surface area contributed by atoms with Gasteiger partial charge in [0.1, 0.15) is 0 Å². The lowest BCUT2D eigenvalue weighted by atomic mass is 9.49. The van der Waals surface area contributed by atoms with E-state index in [0.29, 0.717) is 31.4 Å². The van der Waals surface area contributed by atoms with Gasteiger partial charge in [-0.25, -0.2) is 0 Å². The predicted molar refractivity (Wildman–Crippen MR) is 87.3 cm³/mol. The minimum Gasteiger partial charge on any atom is -0.504 e. The highest BCUT2D eigenvalue weighted by Gasteiger charge is 2.72. The van der Waals surface area contributed by atoms with E-state index in [2.05, 4.69) is 11.5 Å². The molecule has 2 bridgehead atoms. The number of phenolic OH excluding ortho intramolecular Hbond substituents is 1. The lowest BCUT2D eigenvalue weighted by Crippen LogP contribution is -2.76. The summed E-state index contributed by atoms with van der Waals surface area (Å²) in [5.74, 6) is 0.528. The number of piperidine rings is 1. The molecule has 0 radical (unpaired) electrons. The number of phenols is 1. The Morgan fingerprint density at radius 2 is 2.25 bits per heavy atom. The average molecular weight is 327 g/mol. The van der Waals surface area contributed by atoms with Crippen molar-refractivity contribution in [2.45, 2.75) is 48.8 Å². The minimum absolute atomic E-state index is 0.0408. The molecule has 1 spiro atoms. The summed E-state index contributed by atoms with van der Waals surface area (Å²) < 4.78 is 5.98. The Bertz CT molecular complexity index is 775. The molecule has 1 saturated heterocycles. The molecule has 2 heterocycles. The molecular formula is C19H21NO4. The number of aromatic hydroxyl groups is 1. The largest absolute Gasteiger partial charge is 0.504 e. The zero-order valence-corrected chi connectivity index (χ0v) is 13.5. The van der Waals surface area contributed by atoms with E-state index >= 15 is 0 Å². The number of likely N-dealkylation sites (tertiary alicyclic amines) is 1. The standard InChI is InChI=1S/C19H21NO4/c1-2-8-20-9-7-18-15-11-3-4-12(21)16(15)24-17(18)13(22)5-6-19(18,23)14(20)10-11/h2-4,14,17,21,23H,1,5-10H2/t14?,17-,18-,19?/m0/s1. The van der Waals surface area contributed by atoms with E-state index in [1.165, 1.54) is 0 Å². The Balaban J connectivity index is 1.80. The summed E-state index contributed by atoms with van der Waals surface area (Å²) >= 11 is 0. The topological polar surface area (TPSA) is 70.0 Å². The molecule has 1 saturated carbocycles. The molecule has 0 amide bonds. The molecule has 4 aliphatic rings. The summed E-state index contributed by atoms with van der Waals surface area (Å²) in [5.41, 5.74) is 0.256. The number of aliphatic hydroxyl groups is 1. The highest BCUT2D eigenvalue weighted by atomic mass is 16.5. The Morgan fingerprint density at radius 3 is 3.04 bits per heavy atom. The number of benzene rings is 1. The van der Waals surface area contributed by atoms with Crippen LogP contribution in [0.15, 0.2) is 24.8 Å². The number of rotatable bonds is 2. The van der Waals surface area contributed by atoms with E-state index in [1.54, 1.807) is 6.07 Å². The van der Waals surface area contributed by atoms with Crippen LogP contribution in [-0.4, -0.2) is 51.7 Å². The van der Waals surface area contributed by atoms with Gasteiger partial charge in [-0.3, -0.25) is 9.69 Å². The third-order valence-corrected chi connectivity index (χ3v) is 6.73. The van der Waals surface area contributed by atoms with Gasteiger partial charge in [0.2, 0.25) is 0 Å². The fraction of sp³-hybridized carbons (Fsp3) is 0.526. The van der Waals surface area contributed by atoms with Crippen LogP contribution in [0.1, 0.15) is 30.4 Å². The molecule has 2 N–H and O–H groups in total. The van der Waals surface area contributed by atoms with Gasteiger partial charge in [0.25, 0.3) is 0 Å². The number of Topliss-reactive ketones (excluding diaryl/α,β-unsaturated/α-hetero) is 1. The molecular weight excluding hydrogens is 306 g/mol. The maximum absolute atomic E-state index is 12.6. The van der Waals surface area contributed by atoms with Crippen LogP contribution in [0.5, 0.6) is 11.5 Å². The number of hydrogen-bond donors (Lipinski definition) is 2. The fourth-order valence-corrected chi connectivity index (χ4v) is 5.80. The smallest absolute Gasteiger partial charge is 0.174 e. The second kappa shape index (κ2) is 4.41. The van der Waals surface area contributed by atoms with Crippen molar-refractivity contribution >= 4 is 5.78 Å². The molecule has 5 heteroatoms. The van der Waals surface area contributed by atoms with Crippen molar-refractivity contribution in [3.63, 3.8) is 0 Å². The van der Waals surface area contributed by atoms with Gasteiger partial charge >= 0.3 is 0 Å². The molecule has 5 rings (SSSR count). The van der Waals surface area contributed by atoms with Crippen molar-refractivity contribution in [1.29, 1.82) is 0 Å². The average Bonchev–Trinajstić information content (AvgIpc) is 2.91. The number of nitrogens with zero attached hydrogens (tertiary/aromatic N) is 1. The lowest BCUT2D eigenvalue weighted by Gasteiger charge is -2.62. The monoisotopic (exact) mass is 327 g/mol. The SMILES string of the molecule is C=CCN1CC[C@]23c4c5ccc(O)c4O[C@H]2C(=O)CCC3(O)C1C5. The van der Waals surface area contributed by atoms with Crippen molar-refractivity contribution in [2.75, 3.05) is 13.1 Å². The highest BCUT2D eigenvalue weighted by molar-refractivity contribution is 5.90. The number of ether oxygens (including phenoxy) is 1. The molecule has 2 fully saturated rings. The summed E-state index contributed by atoms with van der Waals surface area (Å²) in [7, 11) is 0. The van der Waals surface area contributed by atoms with Gasteiger partial charge in [0.05, 0.1) is 11.0 Å². The first-order valence-corrected chi connectivity index (χ1v) is 8.65. The molecule has 5 nitrogen and oxygen atoms in total. The Morgan fingerprint density at radius 1 is 1.42 bits per heavy atom. The van der Waals surface area contributed by atoms with E-state index in [4.69, 9.17) is 4.74 Å². The van der Waals surface area contributed by atoms with Crippen molar-refractivity contribution < 1.29 is 19.7 Å². The van der Waals surface area contributed by atoms with Crippen LogP contribution in [0.4, 0.5) is 0 Å². The van der Waals surface area contributed by atoms with E-state index < -0.39 is 17.1 Å². The number of ketones is 1. The van der Waals surface area contributed by atoms with E-state index in [9.17, 15) is 15.0 Å². The van der Waals surface area contributed by atoms with E-state index in [-0.39, 0.29) is 17.6 Å². The summed E-state index contributed by atoms with van der Waals surface area (Å²) in [6.45, 7) is 5.36. The summed E-state index contributed by atoms with van der Waals surface area (Å²) in [6, 6.07) is 3.52. The zero-order valence-electron chi connectivity index (χ0n) is 13.5. The molecule has 24 heavy (non-hydrogen) atoms. The predicted octanol–water partition coefficient (Wildman–Crippen LogP) is 1.30. The molecule has 2 aliphatic heterocycles. The van der Waals surface area contributed by atoms with Crippen LogP contribution in [-0.2, 0) is 16.6 Å². The minimum atomic E-state index is -1.00. The van der Waals surface area contributed by atoms with Gasteiger partial charge in [0, 0.05) is 31.1 Å². The lowest BCUT2D eigenvalue weighted by molar-refractivity contribution is -0.187. The maximum Gasteiger partial charge on any atom is 0.174 e. The van der Waals surface area contributed by atoms with Gasteiger partial charge in [-0.2, -0.15) is 0 Å². The fourth-order valence-electron chi connectivity index (χ4n) is 5.80. The molecule has 2 aliphatic carbocycles. The second-order valence-electron chi connectivity index (χ2n) is 7.56. The van der Waals surface area contributed by atoms with Crippen LogP contribution >= 0.6 is 0 Å². The first kappa shape index (κ1) is 14.5. The Hall–Kier alpha value is -1.85. The van der Waals surface area contributed by atoms with Crippen LogP contribution in [0, 0.1) is 0 Å². The first-order chi connectivity index (χ1) is 11.5.